The van der Waals surface area contributed by atoms with Crippen LogP contribution >= 0.6 is 0 Å². The number of nitrogens with two attached hydrogens (primary N) is 1. The predicted octanol–water partition coefficient (Wildman–Crippen LogP) is 2.25. The molecule has 0 bridgehead atoms. The Morgan fingerprint density at radius 1 is 1.42 bits per heavy atom. The first-order valence-electron chi connectivity index (χ1n) is 6.60. The maximum Gasteiger partial charge on any atom is 0.227 e. The van der Waals surface area contributed by atoms with Gasteiger partial charge < -0.3 is 15.8 Å². The van der Waals surface area contributed by atoms with Crippen LogP contribution in [0, 0.1) is 5.41 Å². The van der Waals surface area contributed by atoms with E-state index in [1.165, 1.54) is 0 Å². The summed E-state index contributed by atoms with van der Waals surface area (Å²) in [6.07, 6.45) is 0.798. The van der Waals surface area contributed by atoms with Gasteiger partial charge in [0.15, 0.2) is 0 Å². The lowest BCUT2D eigenvalue weighted by Gasteiger charge is -2.26. The minimum Gasteiger partial charge on any atom is -0.496 e. The number of ether oxygens (including phenoxy) is 1. The Bertz CT molecular complexity index is 430. The van der Waals surface area contributed by atoms with Crippen molar-refractivity contribution in [3.63, 3.8) is 0 Å². The van der Waals surface area contributed by atoms with Crippen molar-refractivity contribution < 1.29 is 9.53 Å². The van der Waals surface area contributed by atoms with Gasteiger partial charge in [0.25, 0.3) is 0 Å². The van der Waals surface area contributed by atoms with Crippen molar-refractivity contribution in [2.75, 3.05) is 13.7 Å². The molecule has 1 aromatic rings. The molecule has 0 aliphatic rings. The van der Waals surface area contributed by atoms with Crippen LogP contribution < -0.4 is 15.8 Å². The Labute approximate surface area is 115 Å². The average Bonchev–Trinajstić information content (AvgIpc) is 2.44. The molecule has 0 aliphatic heterocycles. The van der Waals surface area contributed by atoms with Crippen molar-refractivity contribution in [3.05, 3.63) is 29.8 Å². The first kappa shape index (κ1) is 15.5. The van der Waals surface area contributed by atoms with Gasteiger partial charge in [-0.05, 0) is 26.3 Å². The number of nitrogens with one attached hydrogen (secondary N) is 1. The molecule has 0 heterocycles. The molecular weight excluding hydrogens is 240 g/mol. The van der Waals surface area contributed by atoms with Crippen molar-refractivity contribution in [1.82, 2.24) is 5.32 Å². The second-order valence-corrected chi connectivity index (χ2v) is 5.26. The highest BCUT2D eigenvalue weighted by Gasteiger charge is 2.28. The molecule has 0 radical (unpaired) electrons. The fraction of sp³-hybridized carbons (Fsp3) is 0.533. The van der Waals surface area contributed by atoms with Gasteiger partial charge in [-0.25, -0.2) is 0 Å². The number of benzene rings is 1. The van der Waals surface area contributed by atoms with Crippen LogP contribution in [0.4, 0.5) is 0 Å². The third kappa shape index (κ3) is 3.70. The molecule has 0 spiro atoms. The normalized spacial score (nSPS) is 12.9. The lowest BCUT2D eigenvalue weighted by molar-refractivity contribution is -0.129. The second-order valence-electron chi connectivity index (χ2n) is 5.26. The molecule has 0 aliphatic carbocycles. The highest BCUT2D eigenvalue weighted by molar-refractivity contribution is 5.82. The molecule has 1 rings (SSSR count). The Morgan fingerprint density at radius 2 is 2.05 bits per heavy atom. The van der Waals surface area contributed by atoms with Gasteiger partial charge in [-0.2, -0.15) is 0 Å². The monoisotopic (exact) mass is 264 g/mol. The van der Waals surface area contributed by atoms with Gasteiger partial charge in [0, 0.05) is 12.1 Å². The van der Waals surface area contributed by atoms with Gasteiger partial charge in [-0.15, -0.1) is 0 Å². The zero-order valence-corrected chi connectivity index (χ0v) is 12.2. The summed E-state index contributed by atoms with van der Waals surface area (Å²) < 4.78 is 5.35. The number of carbonyl (C=O) groups excluding carboxylic acids is 1. The molecule has 0 aromatic heterocycles. The van der Waals surface area contributed by atoms with Crippen LogP contribution in [0.25, 0.3) is 0 Å². The summed E-state index contributed by atoms with van der Waals surface area (Å²) in [6, 6.07) is 7.68. The van der Waals surface area contributed by atoms with Crippen LogP contribution in [-0.2, 0) is 4.79 Å². The summed E-state index contributed by atoms with van der Waals surface area (Å²) in [5, 5.41) is 3.05. The smallest absolute Gasteiger partial charge is 0.227 e. The van der Waals surface area contributed by atoms with E-state index in [0.717, 1.165) is 17.7 Å². The summed E-state index contributed by atoms with van der Waals surface area (Å²) in [5.74, 6) is 0.757. The third-order valence-electron chi connectivity index (χ3n) is 3.35. The number of amides is 1. The maximum absolute atomic E-state index is 12.2. The maximum atomic E-state index is 12.2. The molecule has 4 heteroatoms. The zero-order chi connectivity index (χ0) is 14.5. The van der Waals surface area contributed by atoms with Crippen molar-refractivity contribution in [1.29, 1.82) is 0 Å². The molecular formula is C15H24N2O2. The summed E-state index contributed by atoms with van der Waals surface area (Å²) in [7, 11) is 1.64. The van der Waals surface area contributed by atoms with Crippen molar-refractivity contribution in [2.45, 2.75) is 33.2 Å². The first-order valence-corrected chi connectivity index (χ1v) is 6.60. The SMILES string of the molecule is CCC(NC(=O)C(C)(C)CN)c1ccccc1OC. The number of rotatable bonds is 6. The number of para-hydroxylation sites is 1. The van der Waals surface area contributed by atoms with E-state index >= 15 is 0 Å². The summed E-state index contributed by atoms with van der Waals surface area (Å²) in [5.41, 5.74) is 6.07. The Kier molecular flexibility index (Phi) is 5.36. The first-order chi connectivity index (χ1) is 8.96. The van der Waals surface area contributed by atoms with Gasteiger partial charge in [-0.3, -0.25) is 4.79 Å². The highest BCUT2D eigenvalue weighted by atomic mass is 16.5. The van der Waals surface area contributed by atoms with E-state index in [1.54, 1.807) is 7.11 Å². The second kappa shape index (κ2) is 6.57. The molecule has 1 atom stereocenters. The highest BCUT2D eigenvalue weighted by Crippen LogP contribution is 2.27. The number of carbonyl (C=O) groups is 1. The van der Waals surface area contributed by atoms with Crippen LogP contribution in [0.3, 0.4) is 0 Å². The number of hydrogen-bond donors (Lipinski definition) is 2. The number of methoxy groups -OCH3 is 1. The Morgan fingerprint density at radius 3 is 2.58 bits per heavy atom. The summed E-state index contributed by atoms with van der Waals surface area (Å²) in [6.45, 7) is 6.04. The molecule has 0 saturated carbocycles. The van der Waals surface area contributed by atoms with Crippen LogP contribution in [0.5, 0.6) is 5.75 Å². The summed E-state index contributed by atoms with van der Waals surface area (Å²) in [4.78, 5) is 12.2. The van der Waals surface area contributed by atoms with Crippen LogP contribution in [0.1, 0.15) is 38.8 Å². The fourth-order valence-electron chi connectivity index (χ4n) is 1.80. The van der Waals surface area contributed by atoms with Crippen LogP contribution in [0.2, 0.25) is 0 Å². The van der Waals surface area contributed by atoms with E-state index in [0.29, 0.717) is 6.54 Å². The van der Waals surface area contributed by atoms with Gasteiger partial charge in [0.2, 0.25) is 5.91 Å². The van der Waals surface area contributed by atoms with Crippen molar-refractivity contribution in [3.8, 4) is 5.75 Å². The largest absolute Gasteiger partial charge is 0.496 e. The van der Waals surface area contributed by atoms with Gasteiger partial charge in [-0.1, -0.05) is 25.1 Å². The molecule has 106 valence electrons. The lowest BCUT2D eigenvalue weighted by Crippen LogP contribution is -2.43. The van der Waals surface area contributed by atoms with Crippen LogP contribution in [0.15, 0.2) is 24.3 Å². The van der Waals surface area contributed by atoms with E-state index in [4.69, 9.17) is 10.5 Å². The zero-order valence-electron chi connectivity index (χ0n) is 12.2. The van der Waals surface area contributed by atoms with E-state index in [2.05, 4.69) is 5.32 Å². The van der Waals surface area contributed by atoms with Gasteiger partial charge in [0.05, 0.1) is 18.6 Å². The molecule has 1 unspecified atom stereocenters. The Hall–Kier alpha value is -1.55. The molecule has 1 aromatic carbocycles. The van der Waals surface area contributed by atoms with Gasteiger partial charge in [0.1, 0.15) is 5.75 Å². The summed E-state index contributed by atoms with van der Waals surface area (Å²) >= 11 is 0. The molecule has 0 saturated heterocycles. The topological polar surface area (TPSA) is 64.4 Å². The van der Waals surface area contributed by atoms with E-state index in [1.807, 2.05) is 45.0 Å². The van der Waals surface area contributed by atoms with Crippen LogP contribution in [-0.4, -0.2) is 19.6 Å². The molecule has 1 amide bonds. The van der Waals surface area contributed by atoms with E-state index < -0.39 is 5.41 Å². The van der Waals surface area contributed by atoms with E-state index in [9.17, 15) is 4.79 Å². The molecule has 3 N–H and O–H groups in total. The molecule has 19 heavy (non-hydrogen) atoms. The lowest BCUT2D eigenvalue weighted by atomic mass is 9.91. The van der Waals surface area contributed by atoms with Gasteiger partial charge >= 0.3 is 0 Å². The molecule has 4 nitrogen and oxygen atoms in total. The van der Waals surface area contributed by atoms with E-state index in [-0.39, 0.29) is 11.9 Å². The van der Waals surface area contributed by atoms with Crippen molar-refractivity contribution >= 4 is 5.91 Å². The molecule has 0 fully saturated rings. The predicted molar refractivity (Wildman–Crippen MR) is 77.0 cm³/mol. The Balaban J connectivity index is 2.93. The quantitative estimate of drug-likeness (QED) is 0.828. The minimum absolute atomic E-state index is 0.0345. The average molecular weight is 264 g/mol. The number of hydrogen-bond acceptors (Lipinski definition) is 3. The van der Waals surface area contributed by atoms with Crippen molar-refractivity contribution in [2.24, 2.45) is 11.1 Å². The minimum atomic E-state index is -0.560. The standard InChI is InChI=1S/C15H24N2O2/c1-5-12(17-14(18)15(2,3)10-16)11-8-6-7-9-13(11)19-4/h6-9,12H,5,10,16H2,1-4H3,(H,17,18). The fourth-order valence-corrected chi connectivity index (χ4v) is 1.80. The third-order valence-corrected chi connectivity index (χ3v) is 3.35.